The van der Waals surface area contributed by atoms with Crippen molar-refractivity contribution in [3.05, 3.63) is 176 Å². The van der Waals surface area contributed by atoms with E-state index in [0.717, 1.165) is 72.1 Å². The van der Waals surface area contributed by atoms with Gasteiger partial charge in [0.15, 0.2) is 0 Å². The third-order valence-corrected chi connectivity index (χ3v) is 11.4. The van der Waals surface area contributed by atoms with Gasteiger partial charge < -0.3 is 13.7 Å². The van der Waals surface area contributed by atoms with Crippen LogP contribution < -0.4 is 4.90 Å². The number of hydrogen-bond acceptors (Lipinski definition) is 4. The molecular formula is C48H29NO2S. The van der Waals surface area contributed by atoms with E-state index in [9.17, 15) is 0 Å². The number of fused-ring (bicyclic) bond motifs is 9. The number of thiophene rings is 1. The Bertz CT molecular complexity index is 3130. The average molecular weight is 684 g/mol. The summed E-state index contributed by atoms with van der Waals surface area (Å²) in [5.74, 6) is 0. The Hall–Kier alpha value is -6.62. The third-order valence-electron chi connectivity index (χ3n) is 10.3. The number of para-hydroxylation sites is 2. The lowest BCUT2D eigenvalue weighted by Crippen LogP contribution is -2.09. The second-order valence-electron chi connectivity index (χ2n) is 13.3. The molecule has 244 valence electrons. The predicted octanol–water partition coefficient (Wildman–Crippen LogP) is 14.7. The third kappa shape index (κ3) is 4.58. The highest BCUT2D eigenvalue weighted by Gasteiger charge is 2.17. The van der Waals surface area contributed by atoms with Crippen molar-refractivity contribution in [1.29, 1.82) is 0 Å². The molecule has 0 saturated carbocycles. The van der Waals surface area contributed by atoms with Gasteiger partial charge in [0.2, 0.25) is 0 Å². The Morgan fingerprint density at radius 2 is 0.865 bits per heavy atom. The lowest BCUT2D eigenvalue weighted by Gasteiger charge is -2.26. The monoisotopic (exact) mass is 683 g/mol. The molecule has 4 heteroatoms. The molecule has 52 heavy (non-hydrogen) atoms. The Labute approximate surface area is 303 Å². The predicted molar refractivity (Wildman–Crippen MR) is 219 cm³/mol. The first kappa shape index (κ1) is 29.1. The normalized spacial score (nSPS) is 11.8. The lowest BCUT2D eigenvalue weighted by molar-refractivity contribution is 0.668. The quantitative estimate of drug-likeness (QED) is 0.181. The maximum Gasteiger partial charge on any atom is 0.137 e. The first-order valence-corrected chi connectivity index (χ1v) is 18.3. The highest BCUT2D eigenvalue weighted by Crippen LogP contribution is 2.43. The van der Waals surface area contributed by atoms with Gasteiger partial charge in [-0.1, -0.05) is 97.1 Å². The van der Waals surface area contributed by atoms with Gasteiger partial charge in [0.1, 0.15) is 22.3 Å². The molecular weight excluding hydrogens is 655 g/mol. The minimum absolute atomic E-state index is 0.868. The highest BCUT2D eigenvalue weighted by atomic mass is 32.1. The fraction of sp³-hybridized carbons (Fsp3) is 0. The molecule has 0 atom stereocenters. The van der Waals surface area contributed by atoms with Crippen LogP contribution in [0.1, 0.15) is 0 Å². The van der Waals surface area contributed by atoms with Crippen LogP contribution in [0.5, 0.6) is 0 Å². The molecule has 11 aromatic rings. The molecule has 0 aliphatic rings. The van der Waals surface area contributed by atoms with Crippen LogP contribution in [0.3, 0.4) is 0 Å². The second kappa shape index (κ2) is 11.5. The fourth-order valence-corrected chi connectivity index (χ4v) is 8.95. The summed E-state index contributed by atoms with van der Waals surface area (Å²) < 4.78 is 15.2. The standard InChI is InChI=1S/C48H29NO2S/c1-4-12-42-37(8-1)39-26-20-32(28-44(39)50-42)30-16-21-33(22-17-30)49(35-25-27-40-38-9-2-5-13-43(38)51-45(40)29-35)34-23-18-31(19-24-34)36-11-7-15-47-48(36)41-10-3-6-14-46(41)52-47/h1-29H. The Morgan fingerprint density at radius 3 is 1.58 bits per heavy atom. The molecule has 0 unspecified atom stereocenters. The van der Waals surface area contributed by atoms with Crippen LogP contribution >= 0.6 is 11.3 Å². The molecule has 3 aromatic heterocycles. The second-order valence-corrected chi connectivity index (χ2v) is 14.4. The van der Waals surface area contributed by atoms with Crippen molar-refractivity contribution in [3.63, 3.8) is 0 Å². The van der Waals surface area contributed by atoms with Gasteiger partial charge >= 0.3 is 0 Å². The minimum Gasteiger partial charge on any atom is -0.456 e. The summed E-state index contributed by atoms with van der Waals surface area (Å²) in [5, 5.41) is 7.14. The molecule has 8 aromatic carbocycles. The smallest absolute Gasteiger partial charge is 0.137 e. The molecule has 11 rings (SSSR count). The van der Waals surface area contributed by atoms with E-state index in [1.54, 1.807) is 0 Å². The zero-order valence-corrected chi connectivity index (χ0v) is 28.7. The zero-order valence-electron chi connectivity index (χ0n) is 27.9. The van der Waals surface area contributed by atoms with Crippen molar-refractivity contribution in [1.82, 2.24) is 0 Å². The maximum atomic E-state index is 6.36. The van der Waals surface area contributed by atoms with E-state index in [1.807, 2.05) is 35.6 Å². The van der Waals surface area contributed by atoms with Crippen LogP contribution in [0.25, 0.3) is 86.3 Å². The molecule has 3 nitrogen and oxygen atoms in total. The number of nitrogens with zero attached hydrogens (tertiary/aromatic N) is 1. The summed E-state index contributed by atoms with van der Waals surface area (Å²) in [5.41, 5.74) is 11.4. The van der Waals surface area contributed by atoms with E-state index >= 15 is 0 Å². The van der Waals surface area contributed by atoms with E-state index in [2.05, 4.69) is 157 Å². The zero-order chi connectivity index (χ0) is 34.2. The van der Waals surface area contributed by atoms with Crippen molar-refractivity contribution in [2.24, 2.45) is 0 Å². The Balaban J connectivity index is 1.02. The van der Waals surface area contributed by atoms with Gasteiger partial charge in [-0.2, -0.15) is 0 Å². The summed E-state index contributed by atoms with van der Waals surface area (Å²) in [4.78, 5) is 2.31. The highest BCUT2D eigenvalue weighted by molar-refractivity contribution is 7.25. The largest absolute Gasteiger partial charge is 0.456 e. The van der Waals surface area contributed by atoms with E-state index in [0.29, 0.717) is 0 Å². The molecule has 0 radical (unpaired) electrons. The van der Waals surface area contributed by atoms with Crippen molar-refractivity contribution >= 4 is 92.4 Å². The first-order chi connectivity index (χ1) is 25.7. The summed E-state index contributed by atoms with van der Waals surface area (Å²) in [6.45, 7) is 0. The van der Waals surface area contributed by atoms with E-state index in [4.69, 9.17) is 8.83 Å². The molecule has 0 spiro atoms. The molecule has 0 N–H and O–H groups in total. The van der Waals surface area contributed by atoms with Crippen LogP contribution in [0, 0.1) is 0 Å². The minimum atomic E-state index is 0.868. The number of furan rings is 2. The number of hydrogen-bond donors (Lipinski definition) is 0. The molecule has 0 amide bonds. The molecule has 0 saturated heterocycles. The summed E-state index contributed by atoms with van der Waals surface area (Å²) >= 11 is 1.85. The van der Waals surface area contributed by atoms with Gasteiger partial charge in [-0.3, -0.25) is 0 Å². The van der Waals surface area contributed by atoms with Gasteiger partial charge in [-0.25, -0.2) is 0 Å². The van der Waals surface area contributed by atoms with E-state index in [-0.39, 0.29) is 0 Å². The topological polar surface area (TPSA) is 29.5 Å². The van der Waals surface area contributed by atoms with Gasteiger partial charge in [-0.15, -0.1) is 11.3 Å². The van der Waals surface area contributed by atoms with Crippen LogP contribution in [-0.4, -0.2) is 0 Å². The Morgan fingerprint density at radius 1 is 0.346 bits per heavy atom. The summed E-state index contributed by atoms with van der Waals surface area (Å²) in [7, 11) is 0. The maximum absolute atomic E-state index is 6.36. The molecule has 0 fully saturated rings. The summed E-state index contributed by atoms with van der Waals surface area (Å²) in [6.07, 6.45) is 0. The SMILES string of the molecule is c1ccc2c(c1)oc1cc(-c3ccc(N(c4ccc(-c5cccc6sc7ccccc7c56)cc4)c4ccc5c(c4)oc4ccccc45)cc3)ccc12. The van der Waals surface area contributed by atoms with Crippen molar-refractivity contribution < 1.29 is 8.83 Å². The van der Waals surface area contributed by atoms with E-state index in [1.165, 1.54) is 31.3 Å². The molecule has 0 aliphatic carbocycles. The molecule has 0 aliphatic heterocycles. The average Bonchev–Trinajstić information content (AvgIpc) is 3.89. The van der Waals surface area contributed by atoms with Crippen molar-refractivity contribution in [3.8, 4) is 22.3 Å². The molecule has 3 heterocycles. The van der Waals surface area contributed by atoms with Crippen molar-refractivity contribution in [2.45, 2.75) is 0 Å². The Kier molecular flexibility index (Phi) is 6.42. The van der Waals surface area contributed by atoms with Crippen LogP contribution in [0.15, 0.2) is 185 Å². The fourth-order valence-electron chi connectivity index (χ4n) is 7.81. The van der Waals surface area contributed by atoms with Gasteiger partial charge in [0, 0.05) is 64.8 Å². The number of anilines is 3. The first-order valence-electron chi connectivity index (χ1n) is 17.5. The van der Waals surface area contributed by atoms with Gasteiger partial charge in [0.05, 0.1) is 0 Å². The van der Waals surface area contributed by atoms with E-state index < -0.39 is 0 Å². The molecule has 0 bridgehead atoms. The van der Waals surface area contributed by atoms with Crippen molar-refractivity contribution in [2.75, 3.05) is 4.90 Å². The van der Waals surface area contributed by atoms with Crippen LogP contribution in [-0.2, 0) is 0 Å². The van der Waals surface area contributed by atoms with Gasteiger partial charge in [-0.05, 0) is 95.1 Å². The lowest BCUT2D eigenvalue weighted by atomic mass is 9.99. The number of benzene rings is 8. The number of rotatable bonds is 5. The van der Waals surface area contributed by atoms with Gasteiger partial charge in [0.25, 0.3) is 0 Å². The summed E-state index contributed by atoms with van der Waals surface area (Å²) in [6, 6.07) is 62.6. The van der Waals surface area contributed by atoms with Crippen LogP contribution in [0.4, 0.5) is 17.1 Å². The van der Waals surface area contributed by atoms with Crippen LogP contribution in [0.2, 0.25) is 0 Å².